The summed E-state index contributed by atoms with van der Waals surface area (Å²) in [7, 11) is 0. The monoisotopic (exact) mass is 368 g/mol. The predicted molar refractivity (Wildman–Crippen MR) is 97.5 cm³/mol. The van der Waals surface area contributed by atoms with Gasteiger partial charge in [-0.25, -0.2) is 15.0 Å². The van der Waals surface area contributed by atoms with Crippen molar-refractivity contribution in [2.45, 2.75) is 26.4 Å². The lowest BCUT2D eigenvalue weighted by atomic mass is 10.1. The summed E-state index contributed by atoms with van der Waals surface area (Å²) in [4.78, 5) is 15.8. The summed E-state index contributed by atoms with van der Waals surface area (Å²) in [6, 6.07) is 5.94. The van der Waals surface area contributed by atoms with Crippen LogP contribution in [-0.2, 0) is 19.5 Å². The fourth-order valence-electron chi connectivity index (χ4n) is 3.55. The van der Waals surface area contributed by atoms with E-state index in [4.69, 9.17) is 21.1 Å². The van der Waals surface area contributed by atoms with Gasteiger partial charge in [-0.1, -0.05) is 11.6 Å². The van der Waals surface area contributed by atoms with Crippen LogP contribution in [0.5, 0.6) is 11.5 Å². The van der Waals surface area contributed by atoms with Crippen molar-refractivity contribution in [2.24, 2.45) is 0 Å². The van der Waals surface area contributed by atoms with Gasteiger partial charge in [0.05, 0.1) is 5.52 Å². The lowest BCUT2D eigenvalue weighted by Gasteiger charge is -2.28. The number of halogens is 1. The fraction of sp³-hybridized carbons (Fsp3) is 0.316. The van der Waals surface area contributed by atoms with Crippen molar-refractivity contribution < 1.29 is 9.47 Å². The molecular formula is C19H17ClN4O2. The molecule has 0 radical (unpaired) electrons. The van der Waals surface area contributed by atoms with Crippen LogP contribution >= 0.6 is 11.6 Å². The standard InChI is InChI=1S/C19H17ClN4O2/c1-11-21-7-14-9-24(3-2-15(14)22-11)8-13-4-12-5-17-18(26-10-25-17)6-16(12)23-19(13)20/h4-7H,2-3,8-10H2,1H3. The van der Waals surface area contributed by atoms with Crippen LogP contribution in [0.3, 0.4) is 0 Å². The van der Waals surface area contributed by atoms with E-state index in [1.54, 1.807) is 0 Å². The van der Waals surface area contributed by atoms with Crippen molar-refractivity contribution in [1.29, 1.82) is 0 Å². The second-order valence-electron chi connectivity index (χ2n) is 6.69. The van der Waals surface area contributed by atoms with Gasteiger partial charge in [0.25, 0.3) is 0 Å². The van der Waals surface area contributed by atoms with E-state index >= 15 is 0 Å². The van der Waals surface area contributed by atoms with Gasteiger partial charge in [0.15, 0.2) is 11.5 Å². The van der Waals surface area contributed by atoms with Gasteiger partial charge in [-0.2, -0.15) is 0 Å². The molecule has 0 N–H and O–H groups in total. The molecular weight excluding hydrogens is 352 g/mol. The smallest absolute Gasteiger partial charge is 0.231 e. The Morgan fingerprint density at radius 3 is 2.88 bits per heavy atom. The second-order valence-corrected chi connectivity index (χ2v) is 7.04. The highest BCUT2D eigenvalue weighted by atomic mass is 35.5. The van der Waals surface area contributed by atoms with E-state index in [9.17, 15) is 0 Å². The molecule has 7 heteroatoms. The number of hydrogen-bond donors (Lipinski definition) is 0. The van der Waals surface area contributed by atoms with Gasteiger partial charge < -0.3 is 9.47 Å². The number of aryl methyl sites for hydroxylation is 1. The predicted octanol–water partition coefficient (Wildman–Crippen LogP) is 3.27. The van der Waals surface area contributed by atoms with Crippen LogP contribution in [-0.4, -0.2) is 33.2 Å². The van der Waals surface area contributed by atoms with E-state index in [1.165, 1.54) is 5.56 Å². The van der Waals surface area contributed by atoms with Crippen LogP contribution in [0.4, 0.5) is 0 Å². The third-order valence-electron chi connectivity index (χ3n) is 4.86. The molecule has 6 nitrogen and oxygen atoms in total. The van der Waals surface area contributed by atoms with Crippen molar-refractivity contribution in [2.75, 3.05) is 13.3 Å². The normalized spacial score (nSPS) is 16.1. The van der Waals surface area contributed by atoms with Crippen LogP contribution in [0, 0.1) is 6.92 Å². The molecule has 1 aromatic carbocycles. The van der Waals surface area contributed by atoms with Gasteiger partial charge in [-0.05, 0) is 19.1 Å². The van der Waals surface area contributed by atoms with Crippen molar-refractivity contribution in [3.63, 3.8) is 0 Å². The Morgan fingerprint density at radius 1 is 1.15 bits per heavy atom. The molecule has 0 amide bonds. The summed E-state index contributed by atoms with van der Waals surface area (Å²) in [5, 5.41) is 1.53. The number of ether oxygens (including phenoxy) is 2. The van der Waals surface area contributed by atoms with Crippen LogP contribution in [0.25, 0.3) is 10.9 Å². The molecule has 0 saturated carbocycles. The molecule has 0 saturated heterocycles. The second kappa shape index (κ2) is 6.07. The number of pyridine rings is 1. The summed E-state index contributed by atoms with van der Waals surface area (Å²) >= 11 is 6.46. The molecule has 2 aliphatic rings. The SMILES string of the molecule is Cc1ncc2c(n1)CCN(Cc1cc3cc4c(cc3nc1Cl)OCO4)C2. The zero-order valence-electron chi connectivity index (χ0n) is 14.3. The molecule has 0 bridgehead atoms. The maximum Gasteiger partial charge on any atom is 0.231 e. The van der Waals surface area contributed by atoms with Crippen molar-refractivity contribution in [1.82, 2.24) is 19.9 Å². The number of hydrogen-bond acceptors (Lipinski definition) is 6. The Labute approximate surface area is 155 Å². The molecule has 0 unspecified atom stereocenters. The zero-order chi connectivity index (χ0) is 17.7. The summed E-state index contributed by atoms with van der Waals surface area (Å²) in [6.45, 7) is 4.69. The minimum absolute atomic E-state index is 0.251. The first kappa shape index (κ1) is 15.8. The Hall–Kier alpha value is -2.44. The third-order valence-corrected chi connectivity index (χ3v) is 5.19. The van der Waals surface area contributed by atoms with Gasteiger partial charge in [0.2, 0.25) is 6.79 Å². The molecule has 5 rings (SSSR count). The molecule has 2 aliphatic heterocycles. The van der Waals surface area contributed by atoms with E-state index in [-0.39, 0.29) is 6.79 Å². The first-order chi connectivity index (χ1) is 12.7. The van der Waals surface area contributed by atoms with E-state index in [1.807, 2.05) is 25.3 Å². The number of aromatic nitrogens is 3. The van der Waals surface area contributed by atoms with Gasteiger partial charge in [-0.15, -0.1) is 0 Å². The van der Waals surface area contributed by atoms with E-state index in [0.29, 0.717) is 5.15 Å². The fourth-order valence-corrected chi connectivity index (χ4v) is 3.75. The molecule has 0 atom stereocenters. The lowest BCUT2D eigenvalue weighted by Crippen LogP contribution is -2.31. The zero-order valence-corrected chi connectivity index (χ0v) is 15.1. The van der Waals surface area contributed by atoms with Gasteiger partial charge in [-0.3, -0.25) is 4.90 Å². The maximum absolute atomic E-state index is 6.46. The average Bonchev–Trinajstić information content (AvgIpc) is 3.08. The quantitative estimate of drug-likeness (QED) is 0.647. The summed E-state index contributed by atoms with van der Waals surface area (Å²) < 4.78 is 10.9. The van der Waals surface area contributed by atoms with Crippen molar-refractivity contribution >= 4 is 22.5 Å². The van der Waals surface area contributed by atoms with Crippen LogP contribution in [0.1, 0.15) is 22.6 Å². The van der Waals surface area contributed by atoms with Crippen molar-refractivity contribution in [3.05, 3.63) is 52.2 Å². The van der Waals surface area contributed by atoms with E-state index in [0.717, 1.165) is 65.5 Å². The van der Waals surface area contributed by atoms with Gasteiger partial charge in [0, 0.05) is 60.5 Å². The number of fused-ring (bicyclic) bond motifs is 3. The number of rotatable bonds is 2. The first-order valence-corrected chi connectivity index (χ1v) is 8.96. The average molecular weight is 369 g/mol. The number of benzene rings is 1. The van der Waals surface area contributed by atoms with Crippen LogP contribution in [0.2, 0.25) is 5.15 Å². The molecule has 132 valence electrons. The Kier molecular flexibility index (Phi) is 3.69. The molecule has 0 aliphatic carbocycles. The summed E-state index contributed by atoms with van der Waals surface area (Å²) in [5.74, 6) is 2.31. The van der Waals surface area contributed by atoms with E-state index in [2.05, 4.69) is 25.9 Å². The van der Waals surface area contributed by atoms with Crippen molar-refractivity contribution in [3.8, 4) is 11.5 Å². The lowest BCUT2D eigenvalue weighted by molar-refractivity contribution is 0.174. The minimum atomic E-state index is 0.251. The van der Waals surface area contributed by atoms with Gasteiger partial charge in [0.1, 0.15) is 11.0 Å². The number of nitrogens with zero attached hydrogens (tertiary/aromatic N) is 4. The van der Waals surface area contributed by atoms with E-state index < -0.39 is 0 Å². The minimum Gasteiger partial charge on any atom is -0.454 e. The van der Waals surface area contributed by atoms with Crippen LogP contribution < -0.4 is 9.47 Å². The molecule has 0 fully saturated rings. The molecule has 2 aromatic heterocycles. The topological polar surface area (TPSA) is 60.4 Å². The third kappa shape index (κ3) is 2.75. The largest absolute Gasteiger partial charge is 0.454 e. The Balaban J connectivity index is 1.43. The first-order valence-electron chi connectivity index (χ1n) is 8.58. The molecule has 26 heavy (non-hydrogen) atoms. The highest BCUT2D eigenvalue weighted by molar-refractivity contribution is 6.30. The molecule has 3 aromatic rings. The highest BCUT2D eigenvalue weighted by Gasteiger charge is 2.20. The summed E-state index contributed by atoms with van der Waals surface area (Å²) in [5.41, 5.74) is 4.17. The summed E-state index contributed by atoms with van der Waals surface area (Å²) in [6.07, 6.45) is 2.86. The highest BCUT2D eigenvalue weighted by Crippen LogP contribution is 2.36. The molecule has 4 heterocycles. The molecule has 0 spiro atoms. The van der Waals surface area contributed by atoms with Gasteiger partial charge >= 0.3 is 0 Å². The maximum atomic E-state index is 6.46. The Bertz CT molecular complexity index is 1020. The van der Waals surface area contributed by atoms with Crippen LogP contribution in [0.15, 0.2) is 24.4 Å². The Morgan fingerprint density at radius 2 is 2.00 bits per heavy atom.